The average molecular weight is 487 g/mol. The van der Waals surface area contributed by atoms with E-state index >= 15 is 0 Å². The smallest absolute Gasteiger partial charge is 0.320 e. The Labute approximate surface area is 204 Å². The predicted octanol–water partition coefficient (Wildman–Crippen LogP) is 6.16. The van der Waals surface area contributed by atoms with E-state index in [9.17, 15) is 4.79 Å². The summed E-state index contributed by atoms with van der Waals surface area (Å²) in [7, 11) is 0. The highest BCUT2D eigenvalue weighted by atomic mass is 35.5. The minimum absolute atomic E-state index is 0.358. The largest absolute Gasteiger partial charge is 0.324 e. The van der Waals surface area contributed by atoms with Crippen molar-refractivity contribution in [2.75, 3.05) is 5.32 Å². The van der Waals surface area contributed by atoms with Crippen LogP contribution >= 0.6 is 22.9 Å². The monoisotopic (exact) mass is 486 g/mol. The molecule has 5 rings (SSSR count). The average Bonchev–Trinajstić information content (AvgIpc) is 3.57. The van der Waals surface area contributed by atoms with Crippen LogP contribution in [0.2, 0.25) is 5.02 Å². The Morgan fingerprint density at radius 1 is 0.971 bits per heavy atom. The van der Waals surface area contributed by atoms with Crippen molar-refractivity contribution in [1.29, 1.82) is 0 Å². The molecule has 5 aromatic rings. The quantitative estimate of drug-likeness (QED) is 0.268. The van der Waals surface area contributed by atoms with Crippen LogP contribution in [0.5, 0.6) is 0 Å². The van der Waals surface area contributed by atoms with Gasteiger partial charge in [0.25, 0.3) is 0 Å². The molecule has 2 amide bonds. The molecule has 0 fully saturated rings. The molecule has 0 aliphatic heterocycles. The molecule has 3 aromatic carbocycles. The van der Waals surface area contributed by atoms with Crippen molar-refractivity contribution in [3.05, 3.63) is 107 Å². The van der Waals surface area contributed by atoms with Crippen molar-refractivity contribution in [3.63, 3.8) is 0 Å². The Bertz CT molecular complexity index is 1390. The molecule has 0 bridgehead atoms. The summed E-state index contributed by atoms with van der Waals surface area (Å²) in [5.41, 5.74) is 4.34. The number of benzene rings is 3. The minimum atomic E-state index is -0.465. The van der Waals surface area contributed by atoms with E-state index in [1.807, 2.05) is 84.2 Å². The number of halogens is 1. The number of nitrogens with one attached hydrogen (secondary N) is 3. The Morgan fingerprint density at radius 3 is 2.56 bits per heavy atom. The summed E-state index contributed by atoms with van der Waals surface area (Å²) >= 11 is 7.53. The molecule has 3 N–H and O–H groups in total. The van der Waals surface area contributed by atoms with E-state index in [2.05, 4.69) is 25.8 Å². The molecular weight excluding hydrogens is 468 g/mol. The normalized spacial score (nSPS) is 11.7. The van der Waals surface area contributed by atoms with E-state index in [1.165, 1.54) is 6.33 Å². The number of H-pyrrole nitrogens is 1. The second-order valence-electron chi connectivity index (χ2n) is 7.44. The van der Waals surface area contributed by atoms with Crippen LogP contribution in [0, 0.1) is 0 Å². The first kappa shape index (κ1) is 21.8. The molecule has 9 heteroatoms. The molecule has 0 spiro atoms. The number of aromatic amines is 1. The second-order valence-corrected chi connectivity index (χ2v) is 8.73. The zero-order valence-electron chi connectivity index (χ0n) is 17.8. The van der Waals surface area contributed by atoms with Gasteiger partial charge in [-0.05, 0) is 29.8 Å². The highest BCUT2D eigenvalue weighted by molar-refractivity contribution is 7.13. The van der Waals surface area contributed by atoms with Crippen molar-refractivity contribution in [2.45, 2.75) is 6.04 Å². The lowest BCUT2D eigenvalue weighted by atomic mass is 10.1. The lowest BCUT2D eigenvalue weighted by Crippen LogP contribution is -2.33. The van der Waals surface area contributed by atoms with Crippen LogP contribution in [-0.2, 0) is 0 Å². The number of hydrogen-bond donors (Lipinski definition) is 3. The van der Waals surface area contributed by atoms with E-state index in [1.54, 1.807) is 11.3 Å². The molecule has 0 radical (unpaired) electrons. The van der Waals surface area contributed by atoms with E-state index in [0.29, 0.717) is 16.5 Å². The van der Waals surface area contributed by atoms with Gasteiger partial charge in [-0.3, -0.25) is 5.10 Å². The number of carbonyl (C=O) groups is 1. The van der Waals surface area contributed by atoms with E-state index in [4.69, 9.17) is 16.6 Å². The van der Waals surface area contributed by atoms with Crippen molar-refractivity contribution >= 4 is 34.7 Å². The standard InChI is InChI=1S/C25H19ClN6OS/c26-19-11-9-16(10-12-19)21-14-34-24(30-21)18-7-4-8-20(13-18)29-25(33)31-22(23-27-15-28-32-23)17-5-2-1-3-6-17/h1-15,22H,(H,27,28,32)(H2,29,31,33). The molecule has 2 aromatic heterocycles. The maximum atomic E-state index is 12.8. The Hall–Kier alpha value is -4.01. The topological polar surface area (TPSA) is 95.6 Å². The molecule has 2 heterocycles. The molecular formula is C25H19ClN6OS. The number of anilines is 1. The summed E-state index contributed by atoms with van der Waals surface area (Å²) in [5.74, 6) is 0.549. The van der Waals surface area contributed by atoms with Gasteiger partial charge in [-0.2, -0.15) is 5.10 Å². The van der Waals surface area contributed by atoms with Gasteiger partial charge in [0.15, 0.2) is 5.82 Å². The lowest BCUT2D eigenvalue weighted by molar-refractivity contribution is 0.249. The van der Waals surface area contributed by atoms with Gasteiger partial charge < -0.3 is 10.6 Å². The van der Waals surface area contributed by atoms with Crippen LogP contribution in [0.25, 0.3) is 21.8 Å². The number of thiazole rings is 1. The lowest BCUT2D eigenvalue weighted by Gasteiger charge is -2.17. The summed E-state index contributed by atoms with van der Waals surface area (Å²) in [6, 6.07) is 23.9. The Balaban J connectivity index is 1.32. The number of aromatic nitrogens is 4. The zero-order valence-corrected chi connectivity index (χ0v) is 19.3. The third kappa shape index (κ3) is 4.98. The minimum Gasteiger partial charge on any atom is -0.324 e. The number of nitrogens with zero attached hydrogens (tertiary/aromatic N) is 3. The van der Waals surface area contributed by atoms with Gasteiger partial charge in [0.1, 0.15) is 17.4 Å². The molecule has 1 atom stereocenters. The van der Waals surface area contributed by atoms with Crippen LogP contribution in [0.4, 0.5) is 10.5 Å². The maximum Gasteiger partial charge on any atom is 0.320 e. The number of hydrogen-bond acceptors (Lipinski definition) is 5. The number of amides is 2. The second kappa shape index (κ2) is 9.86. The fourth-order valence-corrected chi connectivity index (χ4v) is 4.45. The molecule has 0 aliphatic rings. The van der Waals surface area contributed by atoms with E-state index < -0.39 is 6.04 Å². The molecule has 168 valence electrons. The zero-order chi connectivity index (χ0) is 23.3. The van der Waals surface area contributed by atoms with Gasteiger partial charge in [0, 0.05) is 27.2 Å². The van der Waals surface area contributed by atoms with E-state index in [0.717, 1.165) is 27.4 Å². The fourth-order valence-electron chi connectivity index (χ4n) is 3.50. The van der Waals surface area contributed by atoms with Crippen LogP contribution in [0.1, 0.15) is 17.4 Å². The molecule has 0 saturated carbocycles. The van der Waals surface area contributed by atoms with Crippen molar-refractivity contribution < 1.29 is 4.79 Å². The van der Waals surface area contributed by atoms with Crippen molar-refractivity contribution in [2.24, 2.45) is 0 Å². The third-order valence-electron chi connectivity index (χ3n) is 5.13. The predicted molar refractivity (Wildman–Crippen MR) is 135 cm³/mol. The van der Waals surface area contributed by atoms with Gasteiger partial charge in [-0.15, -0.1) is 11.3 Å². The van der Waals surface area contributed by atoms with Crippen LogP contribution in [-0.4, -0.2) is 26.2 Å². The number of carbonyl (C=O) groups excluding carboxylic acids is 1. The number of rotatable bonds is 6. The summed E-state index contributed by atoms with van der Waals surface area (Å²) in [5, 5.41) is 16.2. The maximum absolute atomic E-state index is 12.8. The molecule has 0 saturated heterocycles. The van der Waals surface area contributed by atoms with Crippen LogP contribution < -0.4 is 10.6 Å². The van der Waals surface area contributed by atoms with E-state index in [-0.39, 0.29) is 6.03 Å². The Morgan fingerprint density at radius 2 is 1.79 bits per heavy atom. The van der Waals surface area contributed by atoms with Crippen LogP contribution in [0.3, 0.4) is 0 Å². The van der Waals surface area contributed by atoms with Gasteiger partial charge in [0.2, 0.25) is 0 Å². The first-order valence-electron chi connectivity index (χ1n) is 10.5. The van der Waals surface area contributed by atoms with Crippen molar-refractivity contribution in [1.82, 2.24) is 25.5 Å². The molecule has 0 aliphatic carbocycles. The highest BCUT2D eigenvalue weighted by Crippen LogP contribution is 2.30. The molecule has 1 unspecified atom stereocenters. The number of urea groups is 1. The van der Waals surface area contributed by atoms with Crippen LogP contribution in [0.15, 0.2) is 90.6 Å². The summed E-state index contributed by atoms with van der Waals surface area (Å²) in [6.45, 7) is 0. The van der Waals surface area contributed by atoms with Gasteiger partial charge in [-0.25, -0.2) is 14.8 Å². The van der Waals surface area contributed by atoms with Gasteiger partial charge in [-0.1, -0.05) is 66.2 Å². The summed E-state index contributed by atoms with van der Waals surface area (Å²) < 4.78 is 0. The molecule has 34 heavy (non-hydrogen) atoms. The first-order chi connectivity index (χ1) is 16.7. The summed E-state index contributed by atoms with van der Waals surface area (Å²) in [4.78, 5) is 21.8. The first-order valence-corrected chi connectivity index (χ1v) is 11.7. The van der Waals surface area contributed by atoms with Crippen molar-refractivity contribution in [3.8, 4) is 21.8 Å². The van der Waals surface area contributed by atoms with Gasteiger partial charge >= 0.3 is 6.03 Å². The third-order valence-corrected chi connectivity index (χ3v) is 6.27. The SMILES string of the molecule is O=C(Nc1cccc(-c2nc(-c3ccc(Cl)cc3)cs2)c1)NC(c1ccccc1)c1ncn[nH]1. The molecule has 7 nitrogen and oxygen atoms in total. The fraction of sp³-hybridized carbons (Fsp3) is 0.0400. The van der Waals surface area contributed by atoms with Gasteiger partial charge in [0.05, 0.1) is 5.69 Å². The Kier molecular flexibility index (Phi) is 6.33. The highest BCUT2D eigenvalue weighted by Gasteiger charge is 2.19. The summed E-state index contributed by atoms with van der Waals surface area (Å²) in [6.07, 6.45) is 1.42.